The second kappa shape index (κ2) is 8.67. The number of nitrogens with zero attached hydrogens (tertiary/aromatic N) is 3. The maximum Gasteiger partial charge on any atom is 0.341 e. The van der Waals surface area contributed by atoms with Crippen LogP contribution in [0.25, 0.3) is 10.9 Å². The van der Waals surface area contributed by atoms with E-state index in [0.717, 1.165) is 0 Å². The van der Waals surface area contributed by atoms with Crippen LogP contribution in [0.2, 0.25) is 0 Å². The van der Waals surface area contributed by atoms with Crippen LogP contribution in [0.5, 0.6) is 0 Å². The molecule has 31 heavy (non-hydrogen) atoms. The maximum atomic E-state index is 14.2. The average Bonchev–Trinajstić information content (AvgIpc) is 3.23. The summed E-state index contributed by atoms with van der Waals surface area (Å²) < 4.78 is 19.4. The number of amides is 1. The summed E-state index contributed by atoms with van der Waals surface area (Å²) in [6, 6.07) is 7.88. The van der Waals surface area contributed by atoms with E-state index in [1.165, 1.54) is 18.3 Å². The largest absolute Gasteiger partial charge is 0.462 e. The van der Waals surface area contributed by atoms with Gasteiger partial charge in [-0.25, -0.2) is 9.18 Å². The van der Waals surface area contributed by atoms with Crippen LogP contribution in [0.3, 0.4) is 0 Å². The molecule has 3 aromatic rings. The van der Waals surface area contributed by atoms with Crippen molar-refractivity contribution in [3.63, 3.8) is 0 Å². The zero-order chi connectivity index (χ0) is 22.0. The second-order valence-corrected chi connectivity index (χ2v) is 7.48. The molecule has 7 nitrogen and oxygen atoms in total. The SMILES string of the molecule is CCOC(=O)c1cnc2c(C)cc(F)cc2c1NC1CCN(C(=O)c2ccccn2)C1. The van der Waals surface area contributed by atoms with Crippen LogP contribution in [-0.2, 0) is 4.74 Å². The van der Waals surface area contributed by atoms with Crippen molar-refractivity contribution in [1.29, 1.82) is 0 Å². The summed E-state index contributed by atoms with van der Waals surface area (Å²) in [6.45, 7) is 4.71. The molecule has 1 aliphatic rings. The van der Waals surface area contributed by atoms with Crippen LogP contribution in [0.1, 0.15) is 39.8 Å². The molecule has 0 saturated carbocycles. The molecule has 1 fully saturated rings. The topological polar surface area (TPSA) is 84.4 Å². The van der Waals surface area contributed by atoms with Crippen LogP contribution >= 0.6 is 0 Å². The molecular weight excluding hydrogens is 399 g/mol. The molecule has 0 spiro atoms. The number of carbonyl (C=O) groups is 2. The highest BCUT2D eigenvalue weighted by atomic mass is 19.1. The predicted octanol–water partition coefficient (Wildman–Crippen LogP) is 3.58. The van der Waals surface area contributed by atoms with Gasteiger partial charge in [0.25, 0.3) is 5.91 Å². The molecule has 1 N–H and O–H groups in total. The Labute approximate surface area is 179 Å². The van der Waals surface area contributed by atoms with E-state index in [2.05, 4.69) is 15.3 Å². The second-order valence-electron chi connectivity index (χ2n) is 7.48. The van der Waals surface area contributed by atoms with E-state index >= 15 is 0 Å². The number of hydrogen-bond donors (Lipinski definition) is 1. The van der Waals surface area contributed by atoms with Crippen molar-refractivity contribution in [3.05, 3.63) is 65.4 Å². The van der Waals surface area contributed by atoms with E-state index in [1.54, 1.807) is 43.1 Å². The van der Waals surface area contributed by atoms with E-state index in [0.29, 0.717) is 47.4 Å². The zero-order valence-corrected chi connectivity index (χ0v) is 17.4. The molecule has 1 unspecified atom stereocenters. The Morgan fingerprint density at radius 3 is 2.87 bits per heavy atom. The van der Waals surface area contributed by atoms with E-state index in [9.17, 15) is 14.0 Å². The van der Waals surface area contributed by atoms with E-state index in [-0.39, 0.29) is 24.1 Å². The highest BCUT2D eigenvalue weighted by Gasteiger charge is 2.29. The number of benzene rings is 1. The smallest absolute Gasteiger partial charge is 0.341 e. The molecule has 0 radical (unpaired) electrons. The number of anilines is 1. The first kappa shape index (κ1) is 20.7. The van der Waals surface area contributed by atoms with Gasteiger partial charge in [0.15, 0.2) is 0 Å². The van der Waals surface area contributed by atoms with Gasteiger partial charge in [-0.3, -0.25) is 14.8 Å². The Bertz CT molecular complexity index is 1140. The average molecular weight is 422 g/mol. The first-order chi connectivity index (χ1) is 15.0. The van der Waals surface area contributed by atoms with E-state index in [1.807, 2.05) is 0 Å². The van der Waals surface area contributed by atoms with Crippen LogP contribution in [0.15, 0.2) is 42.7 Å². The number of pyridine rings is 2. The number of aromatic nitrogens is 2. The van der Waals surface area contributed by atoms with Crippen molar-refractivity contribution in [3.8, 4) is 0 Å². The zero-order valence-electron chi connectivity index (χ0n) is 17.4. The molecule has 1 atom stereocenters. The molecule has 1 aliphatic heterocycles. The number of nitrogens with one attached hydrogen (secondary N) is 1. The summed E-state index contributed by atoms with van der Waals surface area (Å²) in [5.41, 5.74) is 2.39. The van der Waals surface area contributed by atoms with Crippen LogP contribution in [-0.4, -0.2) is 52.5 Å². The molecule has 2 aromatic heterocycles. The Morgan fingerprint density at radius 2 is 2.13 bits per heavy atom. The van der Waals surface area contributed by atoms with Gasteiger partial charge in [-0.15, -0.1) is 0 Å². The lowest BCUT2D eigenvalue weighted by atomic mass is 10.0. The van der Waals surface area contributed by atoms with Crippen LogP contribution < -0.4 is 5.32 Å². The third kappa shape index (κ3) is 4.19. The maximum absolute atomic E-state index is 14.2. The van der Waals surface area contributed by atoms with Crippen molar-refractivity contribution in [2.75, 3.05) is 25.0 Å². The summed E-state index contributed by atoms with van der Waals surface area (Å²) in [4.78, 5) is 35.5. The Morgan fingerprint density at radius 1 is 1.29 bits per heavy atom. The summed E-state index contributed by atoms with van der Waals surface area (Å²) in [5, 5.41) is 3.87. The fourth-order valence-corrected chi connectivity index (χ4v) is 3.87. The van der Waals surface area contributed by atoms with Crippen molar-refractivity contribution in [2.45, 2.75) is 26.3 Å². The quantitative estimate of drug-likeness (QED) is 0.633. The van der Waals surface area contributed by atoms with Gasteiger partial charge in [-0.2, -0.15) is 0 Å². The number of aryl methyl sites for hydroxylation is 1. The minimum atomic E-state index is -0.527. The lowest BCUT2D eigenvalue weighted by molar-refractivity contribution is 0.0527. The molecule has 1 amide bonds. The molecule has 1 saturated heterocycles. The van der Waals surface area contributed by atoms with Gasteiger partial charge < -0.3 is 15.0 Å². The molecule has 1 aromatic carbocycles. The van der Waals surface area contributed by atoms with Crippen molar-refractivity contribution in [1.82, 2.24) is 14.9 Å². The summed E-state index contributed by atoms with van der Waals surface area (Å²) in [6.07, 6.45) is 3.73. The number of rotatable bonds is 5. The fraction of sp³-hybridized carbons (Fsp3) is 0.304. The highest BCUT2D eigenvalue weighted by molar-refractivity contribution is 6.05. The first-order valence-electron chi connectivity index (χ1n) is 10.2. The molecule has 0 aliphatic carbocycles. The number of carbonyl (C=O) groups excluding carboxylic acids is 2. The molecule has 8 heteroatoms. The lowest BCUT2D eigenvalue weighted by Crippen LogP contribution is -2.32. The summed E-state index contributed by atoms with van der Waals surface area (Å²) in [5.74, 6) is -1.08. The number of hydrogen-bond acceptors (Lipinski definition) is 6. The Balaban J connectivity index is 1.65. The molecule has 3 heterocycles. The van der Waals surface area contributed by atoms with Gasteiger partial charge in [0, 0.05) is 36.9 Å². The third-order valence-electron chi connectivity index (χ3n) is 5.33. The van der Waals surface area contributed by atoms with Crippen molar-refractivity contribution >= 4 is 28.5 Å². The van der Waals surface area contributed by atoms with Gasteiger partial charge in [-0.05, 0) is 50.1 Å². The predicted molar refractivity (Wildman–Crippen MR) is 115 cm³/mol. The Kier molecular flexibility index (Phi) is 5.79. The van der Waals surface area contributed by atoms with Crippen LogP contribution in [0, 0.1) is 12.7 Å². The molecule has 160 valence electrons. The lowest BCUT2D eigenvalue weighted by Gasteiger charge is -2.20. The number of likely N-dealkylation sites (tertiary alicyclic amines) is 1. The van der Waals surface area contributed by atoms with Crippen LogP contribution in [0.4, 0.5) is 10.1 Å². The molecule has 4 rings (SSSR count). The summed E-state index contributed by atoms with van der Waals surface area (Å²) >= 11 is 0. The molecule has 0 bridgehead atoms. The van der Waals surface area contributed by atoms with Gasteiger partial charge in [0.05, 0.1) is 17.8 Å². The Hall–Kier alpha value is -3.55. The van der Waals surface area contributed by atoms with Crippen molar-refractivity contribution in [2.24, 2.45) is 0 Å². The standard InChI is InChI=1S/C23H23FN4O3/c1-3-31-23(30)18-12-26-20-14(2)10-15(24)11-17(20)21(18)27-16-7-9-28(13-16)22(29)19-6-4-5-8-25-19/h4-6,8,10-12,16H,3,7,9,13H2,1-2H3,(H,26,27). The normalized spacial score (nSPS) is 15.8. The van der Waals surface area contributed by atoms with Gasteiger partial charge in [0.1, 0.15) is 17.1 Å². The number of ether oxygens (including phenoxy) is 1. The highest BCUT2D eigenvalue weighted by Crippen LogP contribution is 2.31. The monoisotopic (exact) mass is 422 g/mol. The van der Waals surface area contributed by atoms with Gasteiger partial charge >= 0.3 is 5.97 Å². The number of fused-ring (bicyclic) bond motifs is 1. The fourth-order valence-electron chi connectivity index (χ4n) is 3.87. The van der Waals surface area contributed by atoms with Crippen molar-refractivity contribution < 1.29 is 18.7 Å². The minimum absolute atomic E-state index is 0.116. The minimum Gasteiger partial charge on any atom is -0.462 e. The van der Waals surface area contributed by atoms with E-state index < -0.39 is 11.8 Å². The molecular formula is C23H23FN4O3. The van der Waals surface area contributed by atoms with Gasteiger partial charge in [-0.1, -0.05) is 6.07 Å². The third-order valence-corrected chi connectivity index (χ3v) is 5.33. The number of halogens is 1. The summed E-state index contributed by atoms with van der Waals surface area (Å²) in [7, 11) is 0. The van der Waals surface area contributed by atoms with Gasteiger partial charge in [0.2, 0.25) is 0 Å². The number of esters is 1. The first-order valence-corrected chi connectivity index (χ1v) is 10.2. The van der Waals surface area contributed by atoms with E-state index in [4.69, 9.17) is 4.74 Å².